The first kappa shape index (κ1) is 14.7. The van der Waals surface area contributed by atoms with Crippen LogP contribution in [0.4, 0.5) is 0 Å². The Balaban J connectivity index is 2.58. The van der Waals surface area contributed by atoms with Gasteiger partial charge in [-0.25, -0.2) is 4.79 Å². The van der Waals surface area contributed by atoms with Crippen LogP contribution >= 0.6 is 0 Å². The summed E-state index contributed by atoms with van der Waals surface area (Å²) < 4.78 is 15.5. The summed E-state index contributed by atoms with van der Waals surface area (Å²) in [6, 6.07) is 10.2. The molecule has 2 aromatic rings. The number of rotatable bonds is 5. The zero-order valence-electron chi connectivity index (χ0n) is 12.0. The zero-order chi connectivity index (χ0) is 15.4. The van der Waals surface area contributed by atoms with Gasteiger partial charge in [0.15, 0.2) is 11.5 Å². The van der Waals surface area contributed by atoms with E-state index in [-0.39, 0.29) is 5.56 Å². The van der Waals surface area contributed by atoms with Crippen molar-refractivity contribution in [3.05, 3.63) is 42.0 Å². The van der Waals surface area contributed by atoms with E-state index >= 15 is 0 Å². The van der Waals surface area contributed by atoms with Gasteiger partial charge in [-0.05, 0) is 41.5 Å². The third-order valence-electron chi connectivity index (χ3n) is 3.15. The van der Waals surface area contributed by atoms with Gasteiger partial charge in [-0.15, -0.1) is 0 Å². The second kappa shape index (κ2) is 6.17. The summed E-state index contributed by atoms with van der Waals surface area (Å²) in [5.41, 5.74) is 1.48. The minimum absolute atomic E-state index is 0.168. The van der Waals surface area contributed by atoms with E-state index in [1.54, 1.807) is 37.4 Å². The lowest BCUT2D eigenvalue weighted by atomic mass is 9.99. The molecule has 2 rings (SSSR count). The van der Waals surface area contributed by atoms with Crippen LogP contribution in [0.5, 0.6) is 17.2 Å². The molecule has 0 aliphatic heterocycles. The van der Waals surface area contributed by atoms with Crippen molar-refractivity contribution >= 4 is 5.97 Å². The van der Waals surface area contributed by atoms with E-state index in [0.29, 0.717) is 22.8 Å². The van der Waals surface area contributed by atoms with Crippen LogP contribution in [0.2, 0.25) is 0 Å². The maximum absolute atomic E-state index is 11.4. The average Bonchev–Trinajstić information content (AvgIpc) is 2.53. The molecule has 0 aromatic heterocycles. The van der Waals surface area contributed by atoms with Crippen LogP contribution in [0.1, 0.15) is 10.4 Å². The first-order valence-electron chi connectivity index (χ1n) is 6.24. The van der Waals surface area contributed by atoms with E-state index in [2.05, 4.69) is 0 Å². The lowest BCUT2D eigenvalue weighted by molar-refractivity contribution is 0.0697. The van der Waals surface area contributed by atoms with Gasteiger partial charge in [0.1, 0.15) is 5.75 Å². The number of aromatic carboxylic acids is 1. The Labute approximate surface area is 122 Å². The molecular formula is C16H16O5. The van der Waals surface area contributed by atoms with Crippen molar-refractivity contribution in [2.24, 2.45) is 0 Å². The highest BCUT2D eigenvalue weighted by Crippen LogP contribution is 2.34. The molecule has 2 aromatic carbocycles. The van der Waals surface area contributed by atoms with Crippen LogP contribution in [0, 0.1) is 0 Å². The Hall–Kier alpha value is -2.69. The topological polar surface area (TPSA) is 65.0 Å². The molecule has 0 unspecified atom stereocenters. The van der Waals surface area contributed by atoms with Gasteiger partial charge in [-0.1, -0.05) is 6.07 Å². The fraction of sp³-hybridized carbons (Fsp3) is 0.188. The molecule has 0 aliphatic rings. The summed E-state index contributed by atoms with van der Waals surface area (Å²) in [6.45, 7) is 0. The van der Waals surface area contributed by atoms with Crippen LogP contribution < -0.4 is 14.2 Å². The van der Waals surface area contributed by atoms with Gasteiger partial charge in [0, 0.05) is 0 Å². The van der Waals surface area contributed by atoms with Crippen LogP contribution in [0.3, 0.4) is 0 Å². The number of carbonyl (C=O) groups is 1. The van der Waals surface area contributed by atoms with Gasteiger partial charge in [0.05, 0.1) is 26.9 Å². The van der Waals surface area contributed by atoms with Crippen molar-refractivity contribution in [3.8, 4) is 28.4 Å². The molecule has 0 heterocycles. The highest BCUT2D eigenvalue weighted by atomic mass is 16.5. The molecule has 0 bridgehead atoms. The van der Waals surface area contributed by atoms with Crippen molar-refractivity contribution in [1.29, 1.82) is 0 Å². The van der Waals surface area contributed by atoms with Crippen molar-refractivity contribution < 1.29 is 24.1 Å². The van der Waals surface area contributed by atoms with Gasteiger partial charge in [0.2, 0.25) is 0 Å². The summed E-state index contributed by atoms with van der Waals surface area (Å²) in [5.74, 6) is 0.615. The average molecular weight is 288 g/mol. The molecule has 0 aliphatic carbocycles. The quantitative estimate of drug-likeness (QED) is 0.916. The molecule has 5 nitrogen and oxygen atoms in total. The highest BCUT2D eigenvalue weighted by molar-refractivity contribution is 5.96. The number of ether oxygens (including phenoxy) is 3. The minimum atomic E-state index is -1.02. The standard InChI is InChI=1S/C16H16O5/c1-19-11-5-6-12(13(9-11)16(17)18)10-4-7-14(20-2)15(8-10)21-3/h4-9H,1-3H3,(H,17,18). The minimum Gasteiger partial charge on any atom is -0.497 e. The smallest absolute Gasteiger partial charge is 0.336 e. The summed E-state index contributed by atoms with van der Waals surface area (Å²) in [5, 5.41) is 9.36. The predicted octanol–water partition coefficient (Wildman–Crippen LogP) is 3.08. The van der Waals surface area contributed by atoms with E-state index in [9.17, 15) is 9.90 Å². The normalized spacial score (nSPS) is 10.0. The lowest BCUT2D eigenvalue weighted by Crippen LogP contribution is -2.01. The molecule has 0 spiro atoms. The van der Waals surface area contributed by atoms with E-state index in [4.69, 9.17) is 14.2 Å². The molecule has 21 heavy (non-hydrogen) atoms. The van der Waals surface area contributed by atoms with Crippen LogP contribution in [0.15, 0.2) is 36.4 Å². The van der Waals surface area contributed by atoms with Gasteiger partial charge in [-0.2, -0.15) is 0 Å². The van der Waals surface area contributed by atoms with Crippen LogP contribution in [-0.4, -0.2) is 32.4 Å². The summed E-state index contributed by atoms with van der Waals surface area (Å²) in [4.78, 5) is 11.4. The molecular weight excluding hydrogens is 272 g/mol. The molecule has 5 heteroatoms. The Bertz CT molecular complexity index is 664. The first-order valence-corrected chi connectivity index (χ1v) is 6.24. The number of hydrogen-bond donors (Lipinski definition) is 1. The van der Waals surface area contributed by atoms with Crippen molar-refractivity contribution in [3.63, 3.8) is 0 Å². The van der Waals surface area contributed by atoms with Crippen molar-refractivity contribution in [2.45, 2.75) is 0 Å². The molecule has 110 valence electrons. The zero-order valence-corrected chi connectivity index (χ0v) is 12.0. The van der Waals surface area contributed by atoms with E-state index in [1.807, 2.05) is 0 Å². The Morgan fingerprint density at radius 1 is 0.905 bits per heavy atom. The van der Waals surface area contributed by atoms with Crippen LogP contribution in [0.25, 0.3) is 11.1 Å². The molecule has 1 N–H and O–H groups in total. The van der Waals surface area contributed by atoms with Gasteiger partial charge in [-0.3, -0.25) is 0 Å². The van der Waals surface area contributed by atoms with E-state index < -0.39 is 5.97 Å². The Morgan fingerprint density at radius 2 is 1.62 bits per heavy atom. The number of benzene rings is 2. The number of carboxylic acids is 1. The number of hydrogen-bond acceptors (Lipinski definition) is 4. The Morgan fingerprint density at radius 3 is 2.19 bits per heavy atom. The van der Waals surface area contributed by atoms with E-state index in [0.717, 1.165) is 5.56 Å². The molecule has 0 fully saturated rings. The molecule has 0 saturated carbocycles. The van der Waals surface area contributed by atoms with Gasteiger partial charge < -0.3 is 19.3 Å². The van der Waals surface area contributed by atoms with E-state index in [1.165, 1.54) is 20.3 Å². The van der Waals surface area contributed by atoms with Gasteiger partial charge >= 0.3 is 5.97 Å². The van der Waals surface area contributed by atoms with Crippen molar-refractivity contribution in [2.75, 3.05) is 21.3 Å². The lowest BCUT2D eigenvalue weighted by Gasteiger charge is -2.12. The van der Waals surface area contributed by atoms with Crippen LogP contribution in [-0.2, 0) is 0 Å². The highest BCUT2D eigenvalue weighted by Gasteiger charge is 2.15. The SMILES string of the molecule is COc1ccc(-c2ccc(OC)c(OC)c2)c(C(=O)O)c1. The summed E-state index contributed by atoms with van der Waals surface area (Å²) >= 11 is 0. The number of methoxy groups -OCH3 is 3. The monoisotopic (exact) mass is 288 g/mol. The number of carboxylic acid groups (broad SMARTS) is 1. The maximum atomic E-state index is 11.4. The molecule has 0 atom stereocenters. The third kappa shape index (κ3) is 2.91. The molecule has 0 amide bonds. The molecule has 0 saturated heterocycles. The second-order valence-corrected chi connectivity index (χ2v) is 4.29. The Kier molecular flexibility index (Phi) is 4.33. The second-order valence-electron chi connectivity index (χ2n) is 4.29. The summed E-state index contributed by atoms with van der Waals surface area (Å²) in [7, 11) is 4.58. The fourth-order valence-electron chi connectivity index (χ4n) is 2.08. The summed E-state index contributed by atoms with van der Waals surface area (Å²) in [6.07, 6.45) is 0. The molecule has 0 radical (unpaired) electrons. The van der Waals surface area contributed by atoms with Crippen molar-refractivity contribution in [1.82, 2.24) is 0 Å². The fourth-order valence-corrected chi connectivity index (χ4v) is 2.08. The largest absolute Gasteiger partial charge is 0.497 e. The maximum Gasteiger partial charge on any atom is 0.336 e. The van der Waals surface area contributed by atoms with Gasteiger partial charge in [0.25, 0.3) is 0 Å². The predicted molar refractivity (Wildman–Crippen MR) is 78.5 cm³/mol. The first-order chi connectivity index (χ1) is 10.1. The third-order valence-corrected chi connectivity index (χ3v) is 3.15.